The first kappa shape index (κ1) is 24.6. The zero-order valence-electron chi connectivity index (χ0n) is 17.6. The maximum Gasteiger partial charge on any atom is 0.490 e. The molecule has 0 unspecified atom stereocenters. The molecule has 0 aliphatic heterocycles. The number of anilines is 2. The number of carboxylic acids is 1. The van der Waals surface area contributed by atoms with Crippen LogP contribution in [-0.4, -0.2) is 38.8 Å². The third kappa shape index (κ3) is 4.67. The second kappa shape index (κ2) is 8.72. The van der Waals surface area contributed by atoms with Crippen LogP contribution in [0, 0.1) is 0 Å². The van der Waals surface area contributed by atoms with Crippen molar-refractivity contribution in [3.05, 3.63) is 48.2 Å². The molecule has 0 saturated carbocycles. The highest BCUT2D eigenvalue weighted by Crippen LogP contribution is 2.42. The predicted octanol–water partition coefficient (Wildman–Crippen LogP) is 5.06. The maximum atomic E-state index is 13.6. The largest absolute Gasteiger partial charge is 0.490 e. The minimum atomic E-state index is -5.08. The second-order valence-corrected chi connectivity index (χ2v) is 7.03. The van der Waals surface area contributed by atoms with Crippen LogP contribution in [-0.2, 0) is 18.0 Å². The van der Waals surface area contributed by atoms with Crippen LogP contribution in [0.5, 0.6) is 0 Å². The molecule has 0 saturated heterocycles. The number of nitrogens with one attached hydrogen (secondary N) is 1. The van der Waals surface area contributed by atoms with Crippen molar-refractivity contribution in [2.24, 2.45) is 7.05 Å². The van der Waals surface area contributed by atoms with Crippen LogP contribution in [0.3, 0.4) is 0 Å². The van der Waals surface area contributed by atoms with E-state index in [9.17, 15) is 26.3 Å². The van der Waals surface area contributed by atoms with E-state index in [2.05, 4.69) is 15.3 Å². The number of halogens is 6. The summed E-state index contributed by atoms with van der Waals surface area (Å²) >= 11 is 0. The van der Waals surface area contributed by atoms with Gasteiger partial charge in [0, 0.05) is 31.2 Å². The molecule has 0 bridgehead atoms. The first-order valence-corrected chi connectivity index (χ1v) is 9.45. The summed E-state index contributed by atoms with van der Waals surface area (Å²) in [5, 5.41) is 11.6. The van der Waals surface area contributed by atoms with Gasteiger partial charge in [-0.3, -0.25) is 0 Å². The molecule has 0 radical (unpaired) electrons. The zero-order chi connectivity index (χ0) is 25.4. The van der Waals surface area contributed by atoms with Crippen molar-refractivity contribution >= 4 is 39.5 Å². The van der Waals surface area contributed by atoms with Gasteiger partial charge in [0.1, 0.15) is 5.82 Å². The molecule has 0 atom stereocenters. The normalized spacial score (nSPS) is 11.9. The number of aromatic nitrogens is 3. The lowest BCUT2D eigenvalue weighted by atomic mass is 9.95. The number of carbonyl (C=O) groups is 1. The van der Waals surface area contributed by atoms with E-state index in [-0.39, 0.29) is 11.5 Å². The van der Waals surface area contributed by atoms with Gasteiger partial charge in [-0.2, -0.15) is 31.3 Å². The molecular formula is C21H17F6N5O2. The zero-order valence-corrected chi connectivity index (χ0v) is 17.6. The molecule has 4 aromatic rings. The Labute approximate surface area is 187 Å². The minimum absolute atomic E-state index is 0.0530. The van der Waals surface area contributed by atoms with Gasteiger partial charge < -0.3 is 20.7 Å². The summed E-state index contributed by atoms with van der Waals surface area (Å²) < 4.78 is 74.3. The van der Waals surface area contributed by atoms with Gasteiger partial charge in [-0.25, -0.2) is 9.78 Å². The van der Waals surface area contributed by atoms with Crippen molar-refractivity contribution in [3.63, 3.8) is 0 Å². The van der Waals surface area contributed by atoms with Crippen molar-refractivity contribution in [1.82, 2.24) is 14.5 Å². The molecule has 0 aliphatic rings. The average molecular weight is 485 g/mol. The van der Waals surface area contributed by atoms with Gasteiger partial charge in [-0.1, -0.05) is 18.2 Å². The number of nitrogens with two attached hydrogens (primary N) is 1. The lowest BCUT2D eigenvalue weighted by molar-refractivity contribution is -0.192. The molecule has 180 valence electrons. The van der Waals surface area contributed by atoms with Gasteiger partial charge in [-0.05, 0) is 23.8 Å². The van der Waals surface area contributed by atoms with Gasteiger partial charge in [-0.15, -0.1) is 0 Å². The monoisotopic (exact) mass is 485 g/mol. The Bertz CT molecular complexity index is 1380. The number of nitrogen functional groups attached to an aromatic ring is 1. The van der Waals surface area contributed by atoms with Crippen LogP contribution in [0.1, 0.15) is 5.56 Å². The standard InChI is InChI=1S/C19H16F3N5.C2HF3O2/c1-24-17-15-11-7-8-27(2)16(11)12(9-14(15)25-18(23)26-17)10-5-3-4-6-13(10)19(20,21)22;3-2(4,5)1(6)7/h3-9H,1-2H3,(H3,23,24,25,26);(H,6,7). The number of aliphatic carboxylic acids is 1. The number of carboxylic acid groups (broad SMARTS) is 1. The lowest BCUT2D eigenvalue weighted by Crippen LogP contribution is -2.21. The third-order valence-corrected chi connectivity index (χ3v) is 4.83. The number of fused-ring (bicyclic) bond motifs is 3. The topological polar surface area (TPSA) is 106 Å². The van der Waals surface area contributed by atoms with Crippen LogP contribution in [0.25, 0.3) is 32.9 Å². The molecule has 4 N–H and O–H groups in total. The van der Waals surface area contributed by atoms with E-state index in [1.807, 2.05) is 6.07 Å². The van der Waals surface area contributed by atoms with Crippen LogP contribution in [0.4, 0.5) is 38.1 Å². The number of alkyl halides is 6. The van der Waals surface area contributed by atoms with E-state index in [4.69, 9.17) is 15.6 Å². The van der Waals surface area contributed by atoms with Crippen molar-refractivity contribution in [1.29, 1.82) is 0 Å². The summed E-state index contributed by atoms with van der Waals surface area (Å²) in [6, 6.07) is 9.02. The van der Waals surface area contributed by atoms with E-state index in [0.717, 1.165) is 16.8 Å². The Morgan fingerprint density at radius 2 is 1.68 bits per heavy atom. The quantitative estimate of drug-likeness (QED) is 0.343. The second-order valence-electron chi connectivity index (χ2n) is 7.03. The van der Waals surface area contributed by atoms with Crippen molar-refractivity contribution in [2.45, 2.75) is 12.4 Å². The molecule has 13 heteroatoms. The number of rotatable bonds is 2. The van der Waals surface area contributed by atoms with Gasteiger partial charge in [0.25, 0.3) is 0 Å². The third-order valence-electron chi connectivity index (χ3n) is 4.83. The Hall–Kier alpha value is -4.03. The summed E-state index contributed by atoms with van der Waals surface area (Å²) in [5.74, 6) is -2.17. The highest BCUT2D eigenvalue weighted by molar-refractivity contribution is 6.16. The van der Waals surface area contributed by atoms with E-state index in [1.54, 1.807) is 37.0 Å². The van der Waals surface area contributed by atoms with Gasteiger partial charge in [0.15, 0.2) is 0 Å². The van der Waals surface area contributed by atoms with Crippen LogP contribution in [0.2, 0.25) is 0 Å². The Morgan fingerprint density at radius 1 is 1.06 bits per heavy atom. The summed E-state index contributed by atoms with van der Waals surface area (Å²) in [5.41, 5.74) is 6.79. The number of benzene rings is 2. The van der Waals surface area contributed by atoms with Gasteiger partial charge in [0.2, 0.25) is 5.95 Å². The number of aryl methyl sites for hydroxylation is 1. The Morgan fingerprint density at radius 3 is 2.24 bits per heavy atom. The minimum Gasteiger partial charge on any atom is -0.475 e. The smallest absolute Gasteiger partial charge is 0.475 e. The Balaban J connectivity index is 0.000000406. The molecule has 0 aliphatic carbocycles. The van der Waals surface area contributed by atoms with E-state index in [1.165, 1.54) is 12.1 Å². The molecule has 0 fully saturated rings. The van der Waals surface area contributed by atoms with Crippen LogP contribution < -0.4 is 11.1 Å². The summed E-state index contributed by atoms with van der Waals surface area (Å²) in [6.45, 7) is 0. The fourth-order valence-electron chi connectivity index (χ4n) is 3.49. The Kier molecular flexibility index (Phi) is 6.31. The molecule has 2 aromatic heterocycles. The van der Waals surface area contributed by atoms with E-state index < -0.39 is 23.9 Å². The summed E-state index contributed by atoms with van der Waals surface area (Å²) in [6.07, 6.45) is -7.75. The van der Waals surface area contributed by atoms with E-state index >= 15 is 0 Å². The predicted molar refractivity (Wildman–Crippen MR) is 114 cm³/mol. The van der Waals surface area contributed by atoms with Crippen molar-refractivity contribution < 1.29 is 36.2 Å². The van der Waals surface area contributed by atoms with Gasteiger partial charge >= 0.3 is 18.3 Å². The maximum absolute atomic E-state index is 13.6. The summed E-state index contributed by atoms with van der Waals surface area (Å²) in [4.78, 5) is 17.4. The first-order chi connectivity index (χ1) is 15.8. The molecule has 2 heterocycles. The fourth-order valence-corrected chi connectivity index (χ4v) is 3.49. The fraction of sp³-hybridized carbons (Fsp3) is 0.190. The molecule has 7 nitrogen and oxygen atoms in total. The highest BCUT2D eigenvalue weighted by atomic mass is 19.4. The van der Waals surface area contributed by atoms with Crippen molar-refractivity contribution in [3.8, 4) is 11.1 Å². The molecule has 34 heavy (non-hydrogen) atoms. The van der Waals surface area contributed by atoms with Crippen LogP contribution >= 0.6 is 0 Å². The molecule has 0 amide bonds. The first-order valence-electron chi connectivity index (χ1n) is 9.45. The lowest BCUT2D eigenvalue weighted by Gasteiger charge is -2.16. The molecule has 4 rings (SSSR count). The molecule has 0 spiro atoms. The van der Waals surface area contributed by atoms with E-state index in [0.29, 0.717) is 22.4 Å². The summed E-state index contributed by atoms with van der Waals surface area (Å²) in [7, 11) is 3.51. The molecular weight excluding hydrogens is 468 g/mol. The molecule has 2 aromatic carbocycles. The number of hydrogen-bond acceptors (Lipinski definition) is 5. The average Bonchev–Trinajstić information content (AvgIpc) is 3.13. The number of nitrogens with zero attached hydrogens (tertiary/aromatic N) is 3. The highest BCUT2D eigenvalue weighted by Gasteiger charge is 2.38. The van der Waals surface area contributed by atoms with Crippen molar-refractivity contribution in [2.75, 3.05) is 18.1 Å². The van der Waals surface area contributed by atoms with Gasteiger partial charge in [0.05, 0.1) is 22.0 Å². The van der Waals surface area contributed by atoms with Crippen LogP contribution in [0.15, 0.2) is 42.6 Å². The number of hydrogen-bond donors (Lipinski definition) is 3. The SMILES string of the molecule is CNc1nc(N)nc2cc(-c3ccccc3C(F)(F)F)c3c(ccn3C)c12.O=C(O)C(F)(F)F.